The molecule has 0 aliphatic heterocycles. The number of carbonyl (C=O) groups excluding carboxylic acids is 4. The molecule has 0 amide bonds. The summed E-state index contributed by atoms with van der Waals surface area (Å²) in [5.74, 6) is -1.22. The Morgan fingerprint density at radius 1 is 0.667 bits per heavy atom. The fourth-order valence-corrected chi connectivity index (χ4v) is 6.50. The minimum atomic E-state index is -0.811. The Bertz CT molecular complexity index is 973. The van der Waals surface area contributed by atoms with Gasteiger partial charge < -0.3 is 24.3 Å². The van der Waals surface area contributed by atoms with Crippen LogP contribution in [0.3, 0.4) is 0 Å². The predicted molar refractivity (Wildman–Crippen MR) is 171 cm³/mol. The molecule has 0 saturated heterocycles. The Morgan fingerprint density at radius 2 is 1.07 bits per heavy atom. The molecular formula is C35H58N2O8. The van der Waals surface area contributed by atoms with Crippen molar-refractivity contribution in [3.8, 4) is 0 Å². The average molecular weight is 635 g/mol. The number of ether oxygens (including phenoxy) is 4. The minimum Gasteiger partial charge on any atom is -0.465 e. The van der Waals surface area contributed by atoms with Gasteiger partial charge in [-0.2, -0.15) is 0 Å². The molecule has 2 N–H and O–H groups in total. The van der Waals surface area contributed by atoms with Gasteiger partial charge in [-0.15, -0.1) is 0 Å². The monoisotopic (exact) mass is 634 g/mol. The zero-order valence-electron chi connectivity index (χ0n) is 28.2. The van der Waals surface area contributed by atoms with E-state index in [2.05, 4.69) is 17.2 Å². The first-order valence-electron chi connectivity index (χ1n) is 17.3. The van der Waals surface area contributed by atoms with E-state index in [9.17, 15) is 19.2 Å². The van der Waals surface area contributed by atoms with Crippen molar-refractivity contribution in [2.24, 2.45) is 11.8 Å². The van der Waals surface area contributed by atoms with Gasteiger partial charge in [0.15, 0.2) is 0 Å². The van der Waals surface area contributed by atoms with Crippen LogP contribution in [0.5, 0.6) is 0 Å². The molecule has 0 heterocycles. The van der Waals surface area contributed by atoms with E-state index >= 15 is 0 Å². The van der Waals surface area contributed by atoms with Crippen molar-refractivity contribution in [2.75, 3.05) is 13.2 Å². The van der Waals surface area contributed by atoms with Crippen LogP contribution in [-0.2, 0) is 38.1 Å². The van der Waals surface area contributed by atoms with Gasteiger partial charge in [0.05, 0.1) is 26.1 Å². The summed E-state index contributed by atoms with van der Waals surface area (Å²) < 4.78 is 22.6. The molecule has 256 valence electrons. The lowest BCUT2D eigenvalue weighted by Gasteiger charge is -2.30. The summed E-state index contributed by atoms with van der Waals surface area (Å²) in [7, 11) is 0. The molecule has 0 aromatic rings. The molecule has 3 rings (SSSR count). The van der Waals surface area contributed by atoms with Crippen LogP contribution >= 0.6 is 0 Å². The molecule has 2 atom stereocenters. The number of nitrogens with one attached hydrogen (secondary N) is 2. The van der Waals surface area contributed by atoms with Crippen molar-refractivity contribution >= 4 is 23.9 Å². The first kappa shape index (κ1) is 36.8. The second-order valence-corrected chi connectivity index (χ2v) is 14.5. The van der Waals surface area contributed by atoms with Gasteiger partial charge in [0, 0.05) is 11.2 Å². The van der Waals surface area contributed by atoms with Crippen LogP contribution in [0.2, 0.25) is 0 Å². The Labute approximate surface area is 270 Å². The topological polar surface area (TPSA) is 129 Å². The molecule has 0 bridgehead atoms. The van der Waals surface area contributed by atoms with Crippen LogP contribution in [0.4, 0.5) is 0 Å². The van der Waals surface area contributed by atoms with Gasteiger partial charge in [-0.05, 0) is 117 Å². The standard InChI is InChI=1S/C35H58N2O8/c1-24(2)36-29(33(40)44-27-12-8-6-9-13-27)20-31(38)42-22-25-16-18-26(19-17-25)23-43-32(39)21-30(37-35(3,4)5)34(41)45-28-14-10-7-11-15-28/h25-30,36-37H,1,6-23H2,2-5H3. The van der Waals surface area contributed by atoms with Gasteiger partial charge in [-0.3, -0.25) is 19.7 Å². The number of carbonyl (C=O) groups is 4. The predicted octanol–water partition coefficient (Wildman–Crippen LogP) is 5.66. The van der Waals surface area contributed by atoms with Crippen molar-refractivity contribution in [3.63, 3.8) is 0 Å². The fourth-order valence-electron chi connectivity index (χ4n) is 6.50. The Hall–Kier alpha value is -2.62. The quantitative estimate of drug-likeness (QED) is 0.172. The third-order valence-corrected chi connectivity index (χ3v) is 8.93. The number of esters is 4. The van der Waals surface area contributed by atoms with Crippen molar-refractivity contribution in [3.05, 3.63) is 12.3 Å². The largest absolute Gasteiger partial charge is 0.465 e. The summed E-state index contributed by atoms with van der Waals surface area (Å²) in [4.78, 5) is 51.1. The van der Waals surface area contributed by atoms with Gasteiger partial charge in [0.25, 0.3) is 0 Å². The minimum absolute atomic E-state index is 0.0659. The van der Waals surface area contributed by atoms with E-state index in [0.29, 0.717) is 18.9 Å². The summed E-state index contributed by atoms with van der Waals surface area (Å²) >= 11 is 0. The van der Waals surface area contributed by atoms with Gasteiger partial charge in [-0.25, -0.2) is 4.79 Å². The molecule has 10 nitrogen and oxygen atoms in total. The summed E-state index contributed by atoms with van der Waals surface area (Å²) in [5.41, 5.74) is 0.228. The molecule has 2 unspecified atom stereocenters. The molecule has 45 heavy (non-hydrogen) atoms. The van der Waals surface area contributed by atoms with Crippen LogP contribution < -0.4 is 10.6 Å². The summed E-state index contributed by atoms with van der Waals surface area (Å²) in [6.07, 6.45) is 13.1. The van der Waals surface area contributed by atoms with Gasteiger partial charge >= 0.3 is 23.9 Å². The number of hydrogen-bond donors (Lipinski definition) is 2. The Morgan fingerprint density at radius 3 is 1.47 bits per heavy atom. The van der Waals surface area contributed by atoms with Crippen molar-refractivity contribution in [1.29, 1.82) is 0 Å². The van der Waals surface area contributed by atoms with Crippen LogP contribution in [0.15, 0.2) is 12.3 Å². The Balaban J connectivity index is 1.36. The van der Waals surface area contributed by atoms with Crippen LogP contribution in [0, 0.1) is 11.8 Å². The van der Waals surface area contributed by atoms with Gasteiger partial charge in [-0.1, -0.05) is 19.4 Å². The molecule has 3 aliphatic carbocycles. The van der Waals surface area contributed by atoms with E-state index in [4.69, 9.17) is 18.9 Å². The van der Waals surface area contributed by atoms with Crippen molar-refractivity contribution in [2.45, 2.75) is 160 Å². The molecule has 10 heteroatoms. The van der Waals surface area contributed by atoms with E-state index in [1.807, 2.05) is 20.8 Å². The summed E-state index contributed by atoms with van der Waals surface area (Å²) in [6, 6.07) is -1.56. The fraction of sp³-hybridized carbons (Fsp3) is 0.829. The third-order valence-electron chi connectivity index (χ3n) is 8.93. The maximum Gasteiger partial charge on any atom is 0.329 e. The molecule has 3 saturated carbocycles. The average Bonchev–Trinajstić information content (AvgIpc) is 2.99. The highest BCUT2D eigenvalue weighted by molar-refractivity contribution is 5.83. The highest BCUT2D eigenvalue weighted by Crippen LogP contribution is 2.30. The first-order valence-corrected chi connectivity index (χ1v) is 17.3. The van der Waals surface area contributed by atoms with Gasteiger partial charge in [0.2, 0.25) is 0 Å². The van der Waals surface area contributed by atoms with E-state index in [0.717, 1.165) is 83.5 Å². The van der Waals surface area contributed by atoms with Gasteiger partial charge in [0.1, 0.15) is 24.3 Å². The normalized spacial score (nSPS) is 22.8. The number of allylic oxidation sites excluding steroid dienone is 1. The molecule has 0 radical (unpaired) electrons. The highest BCUT2D eigenvalue weighted by Gasteiger charge is 2.32. The third kappa shape index (κ3) is 14.6. The molecular weight excluding hydrogens is 576 g/mol. The second kappa shape index (κ2) is 18.5. The lowest BCUT2D eigenvalue weighted by molar-refractivity contribution is -0.158. The molecule has 0 aromatic carbocycles. The highest BCUT2D eigenvalue weighted by atomic mass is 16.6. The van der Waals surface area contributed by atoms with Crippen molar-refractivity contribution in [1.82, 2.24) is 10.6 Å². The van der Waals surface area contributed by atoms with Crippen LogP contribution in [0.25, 0.3) is 0 Å². The number of rotatable bonds is 15. The molecule has 3 fully saturated rings. The summed E-state index contributed by atoms with van der Waals surface area (Å²) in [5, 5.41) is 6.21. The van der Waals surface area contributed by atoms with E-state index < -0.39 is 30.0 Å². The van der Waals surface area contributed by atoms with E-state index in [1.54, 1.807) is 6.92 Å². The Kier molecular flexibility index (Phi) is 15.2. The molecule has 3 aliphatic rings. The van der Waals surface area contributed by atoms with Crippen LogP contribution in [-0.4, -0.2) is 66.9 Å². The number of hydrogen-bond acceptors (Lipinski definition) is 10. The maximum atomic E-state index is 12.9. The molecule has 0 spiro atoms. The van der Waals surface area contributed by atoms with E-state index in [1.165, 1.54) is 6.42 Å². The smallest absolute Gasteiger partial charge is 0.329 e. The first-order chi connectivity index (χ1) is 21.4. The lowest BCUT2D eigenvalue weighted by atomic mass is 9.83. The summed E-state index contributed by atoms with van der Waals surface area (Å²) in [6.45, 7) is 12.0. The second-order valence-electron chi connectivity index (χ2n) is 14.5. The van der Waals surface area contributed by atoms with Crippen molar-refractivity contribution < 1.29 is 38.1 Å². The van der Waals surface area contributed by atoms with E-state index in [-0.39, 0.29) is 48.4 Å². The maximum absolute atomic E-state index is 12.9. The molecule has 0 aromatic heterocycles. The van der Waals surface area contributed by atoms with Crippen LogP contribution in [0.1, 0.15) is 130 Å². The lowest BCUT2D eigenvalue weighted by Crippen LogP contribution is -2.50. The zero-order valence-corrected chi connectivity index (χ0v) is 28.2. The SMILES string of the molecule is C=C(C)NC(CC(=O)OCC1CCC(COC(=O)CC(NC(C)(C)C)C(=O)OC2CCCCC2)CC1)C(=O)OC1CCCCC1. The zero-order chi connectivity index (χ0) is 32.8.